The van der Waals surface area contributed by atoms with Gasteiger partial charge in [0.1, 0.15) is 13.1 Å². The first-order valence-electron chi connectivity index (χ1n) is 4.46. The molecule has 0 radical (unpaired) electrons. The number of hydrogen-bond acceptors (Lipinski definition) is 6. The molecular weight excluding hydrogens is 307 g/mol. The number of aliphatic imine (C=N–C) groups is 2. The van der Waals surface area contributed by atoms with Crippen LogP contribution in [0.4, 0.5) is 0 Å². The largest absolute Gasteiger partial charge is 0.863 e. The fourth-order valence-corrected chi connectivity index (χ4v) is 0.423. The van der Waals surface area contributed by atoms with E-state index >= 15 is 0 Å². The van der Waals surface area contributed by atoms with Gasteiger partial charge in [0.2, 0.25) is 0 Å². The SMILES string of the molecule is [NH-]CC([O-])=NCC(=O)O.[NH-]CC([O-])=NCC(=O)O.[Ni]. The Morgan fingerprint density at radius 1 is 0.895 bits per heavy atom. The number of nitrogens with zero attached hydrogens (tertiary/aromatic N) is 2. The zero-order valence-corrected chi connectivity index (χ0v) is 10.6. The molecule has 0 fully saturated rings. The van der Waals surface area contributed by atoms with E-state index in [-0.39, 0.29) is 16.5 Å². The topological polar surface area (TPSA) is 193 Å². The Morgan fingerprint density at radius 3 is 1.32 bits per heavy atom. The van der Waals surface area contributed by atoms with Crippen molar-refractivity contribution in [3.63, 3.8) is 0 Å². The van der Waals surface area contributed by atoms with Crippen LogP contribution in [0.3, 0.4) is 0 Å². The van der Waals surface area contributed by atoms with Gasteiger partial charge in [-0.1, -0.05) is 11.8 Å². The quantitative estimate of drug-likeness (QED) is 0.315. The monoisotopic (exact) mass is 318 g/mol. The third-order valence-electron chi connectivity index (χ3n) is 1.08. The number of rotatable bonds is 6. The van der Waals surface area contributed by atoms with Crippen molar-refractivity contribution in [3.05, 3.63) is 11.5 Å². The Labute approximate surface area is 118 Å². The molecule has 0 aliphatic carbocycles. The number of nitrogens with one attached hydrogen (secondary N) is 2. The van der Waals surface area contributed by atoms with Crippen LogP contribution in [-0.4, -0.2) is 60.1 Å². The molecule has 11 heteroatoms. The molecule has 0 unspecified atom stereocenters. The molecule has 0 heterocycles. The summed E-state index contributed by atoms with van der Waals surface area (Å²) in [5, 5.41) is 36.1. The van der Waals surface area contributed by atoms with Gasteiger partial charge in [-0.2, -0.15) is 0 Å². The van der Waals surface area contributed by atoms with Crippen molar-refractivity contribution in [2.75, 3.05) is 26.2 Å². The van der Waals surface area contributed by atoms with E-state index in [4.69, 9.17) is 21.7 Å². The summed E-state index contributed by atoms with van der Waals surface area (Å²) >= 11 is 0. The maximum Gasteiger partial charge on any atom is 0.325 e. The molecule has 0 aliphatic heterocycles. The first-order valence-corrected chi connectivity index (χ1v) is 4.46. The van der Waals surface area contributed by atoms with Gasteiger partial charge in [-0.15, -0.1) is 13.1 Å². The first kappa shape index (κ1) is 22.5. The summed E-state index contributed by atoms with van der Waals surface area (Å²) in [7, 11) is 0. The van der Waals surface area contributed by atoms with Gasteiger partial charge in [-0.25, -0.2) is 0 Å². The predicted molar refractivity (Wildman–Crippen MR) is 58.3 cm³/mol. The molecule has 0 aliphatic rings. The maximum absolute atomic E-state index is 10.1. The van der Waals surface area contributed by atoms with Gasteiger partial charge in [0.05, 0.1) is 0 Å². The van der Waals surface area contributed by atoms with Crippen LogP contribution in [0.1, 0.15) is 0 Å². The molecule has 19 heavy (non-hydrogen) atoms. The van der Waals surface area contributed by atoms with E-state index < -0.39 is 49.9 Å². The molecule has 0 rings (SSSR count). The Morgan fingerprint density at radius 2 is 1.16 bits per heavy atom. The molecule has 0 aromatic rings. The number of carboxylic acid groups (broad SMARTS) is 2. The number of carboxylic acids is 2. The van der Waals surface area contributed by atoms with Gasteiger partial charge in [0.25, 0.3) is 0 Å². The van der Waals surface area contributed by atoms with E-state index in [2.05, 4.69) is 9.98 Å². The van der Waals surface area contributed by atoms with Crippen LogP contribution in [-0.2, 0) is 26.1 Å². The predicted octanol–water partition coefficient (Wildman–Crippen LogP) is -2.24. The summed E-state index contributed by atoms with van der Waals surface area (Å²) in [4.78, 5) is 25.5. The molecule has 0 saturated carbocycles. The van der Waals surface area contributed by atoms with Crippen molar-refractivity contribution >= 4 is 23.7 Å². The van der Waals surface area contributed by atoms with E-state index in [1.165, 1.54) is 0 Å². The fourth-order valence-electron chi connectivity index (χ4n) is 0.423. The zero-order valence-electron chi connectivity index (χ0n) is 9.57. The van der Waals surface area contributed by atoms with E-state index in [1.807, 2.05) is 0 Å². The minimum Gasteiger partial charge on any atom is -0.863 e. The summed E-state index contributed by atoms with van der Waals surface area (Å²) in [6, 6.07) is 0. The average Bonchev–Trinajstić information content (AvgIpc) is 2.33. The molecule has 0 atom stereocenters. The normalized spacial score (nSPS) is 10.8. The van der Waals surface area contributed by atoms with Crippen LogP contribution >= 0.6 is 0 Å². The first-order chi connectivity index (χ1) is 8.33. The van der Waals surface area contributed by atoms with Crippen LogP contribution in [0.15, 0.2) is 9.98 Å². The van der Waals surface area contributed by atoms with E-state index in [0.29, 0.717) is 0 Å². The summed E-state index contributed by atoms with van der Waals surface area (Å²) in [5.74, 6) is -3.71. The fraction of sp³-hybridized carbons (Fsp3) is 0.500. The van der Waals surface area contributed by atoms with Crippen molar-refractivity contribution in [1.29, 1.82) is 0 Å². The molecule has 0 spiro atoms. The van der Waals surface area contributed by atoms with Gasteiger partial charge >= 0.3 is 11.9 Å². The van der Waals surface area contributed by atoms with Gasteiger partial charge in [-0.05, 0) is 0 Å². The third-order valence-corrected chi connectivity index (χ3v) is 1.08. The van der Waals surface area contributed by atoms with Crippen molar-refractivity contribution in [1.82, 2.24) is 0 Å². The van der Waals surface area contributed by atoms with Gasteiger partial charge in [0, 0.05) is 16.5 Å². The van der Waals surface area contributed by atoms with Crippen LogP contribution in [0, 0.1) is 0 Å². The third kappa shape index (κ3) is 22.0. The number of aliphatic carboxylic acids is 2. The van der Waals surface area contributed by atoms with Crippen molar-refractivity contribution < 1.29 is 46.5 Å². The Hall–Kier alpha value is -1.71. The Balaban J connectivity index is -0.000000256. The molecule has 0 aromatic carbocycles. The molecule has 4 N–H and O–H groups in total. The summed E-state index contributed by atoms with van der Waals surface area (Å²) in [5.41, 5.74) is 12.8. The average molecular weight is 319 g/mol. The molecule has 0 amide bonds. The second-order valence-corrected chi connectivity index (χ2v) is 2.56. The molecule has 0 saturated heterocycles. The zero-order chi connectivity index (χ0) is 14.6. The summed E-state index contributed by atoms with van der Waals surface area (Å²) in [6.07, 6.45) is 0. The summed E-state index contributed by atoms with van der Waals surface area (Å²) < 4.78 is 0. The van der Waals surface area contributed by atoms with Crippen LogP contribution < -0.4 is 10.2 Å². The minimum absolute atomic E-state index is 0. The standard InChI is InChI=1S/2C4H7N2O3.Ni/c2*5-1-3(7)6-2-4(8)9;/h2*5H,1-2H2,(H,6,7)(H,8,9);/q2*-1;/p-2. The molecule has 10 nitrogen and oxygen atoms in total. The van der Waals surface area contributed by atoms with E-state index in [1.54, 1.807) is 0 Å². The second-order valence-electron chi connectivity index (χ2n) is 2.56. The van der Waals surface area contributed by atoms with E-state index in [9.17, 15) is 19.8 Å². The van der Waals surface area contributed by atoms with Crippen LogP contribution in [0.5, 0.6) is 0 Å². The maximum atomic E-state index is 10.1. The van der Waals surface area contributed by atoms with Crippen LogP contribution in [0.2, 0.25) is 0 Å². The number of carbonyl (C=O) groups is 2. The van der Waals surface area contributed by atoms with Gasteiger partial charge in [-0.3, -0.25) is 19.6 Å². The van der Waals surface area contributed by atoms with Crippen LogP contribution in [0.25, 0.3) is 11.5 Å². The Bertz CT molecular complexity index is 301. The number of hydrogen-bond donors (Lipinski definition) is 2. The Kier molecular flexibility index (Phi) is 17.0. The minimum atomic E-state index is -1.16. The van der Waals surface area contributed by atoms with Crippen molar-refractivity contribution in [3.8, 4) is 0 Å². The molecular formula is C8H12N4NiO6-4. The second kappa shape index (κ2) is 14.4. The van der Waals surface area contributed by atoms with Crippen molar-refractivity contribution in [2.45, 2.75) is 0 Å². The molecule has 114 valence electrons. The summed E-state index contributed by atoms with van der Waals surface area (Å²) in [6.45, 7) is -2.02. The van der Waals surface area contributed by atoms with Gasteiger partial charge in [0.15, 0.2) is 0 Å². The van der Waals surface area contributed by atoms with Gasteiger partial charge < -0.3 is 31.9 Å². The van der Waals surface area contributed by atoms with Crippen molar-refractivity contribution in [2.24, 2.45) is 9.98 Å². The molecule has 0 bridgehead atoms. The smallest absolute Gasteiger partial charge is 0.325 e. The van der Waals surface area contributed by atoms with E-state index in [0.717, 1.165) is 0 Å². The molecule has 0 aromatic heterocycles.